The van der Waals surface area contributed by atoms with Gasteiger partial charge in [0, 0.05) is 0 Å². The Bertz CT molecular complexity index is 101. The molecule has 0 aliphatic heterocycles. The summed E-state index contributed by atoms with van der Waals surface area (Å²) in [6, 6.07) is 0. The zero-order valence-electron chi connectivity index (χ0n) is 7.72. The monoisotopic (exact) mass is 230 g/mol. The minimum atomic E-state index is -1.21. The molecule has 0 saturated carbocycles. The predicted molar refractivity (Wildman–Crippen MR) is 57.9 cm³/mol. The molecule has 1 nitrogen and oxygen atoms in total. The average molecular weight is 231 g/mol. The molecule has 0 aromatic carbocycles. The van der Waals surface area contributed by atoms with Gasteiger partial charge in [0.25, 0.3) is 0 Å². The molecule has 12 heavy (non-hydrogen) atoms. The molecule has 0 heterocycles. The zero-order valence-corrected chi connectivity index (χ0v) is 10.1. The minimum absolute atomic E-state index is 0.632. The molecule has 4 heteroatoms. The van der Waals surface area contributed by atoms with Crippen LogP contribution in [0, 0.1) is 5.92 Å². The lowest BCUT2D eigenvalue weighted by Gasteiger charge is -2.14. The Morgan fingerprint density at radius 2 is 2.00 bits per heavy atom. The Balaban J connectivity index is 3.39. The van der Waals surface area contributed by atoms with Gasteiger partial charge >= 0.3 is 0 Å². The summed E-state index contributed by atoms with van der Waals surface area (Å²) >= 11 is 11.0. The Kier molecular flexibility index (Phi) is 9.26. The molecule has 0 bridgehead atoms. The van der Waals surface area contributed by atoms with Crippen molar-refractivity contribution in [1.29, 1.82) is 0 Å². The molecule has 0 radical (unpaired) electrons. The van der Waals surface area contributed by atoms with Crippen molar-refractivity contribution in [2.75, 3.05) is 6.61 Å². The van der Waals surface area contributed by atoms with Crippen LogP contribution in [0.3, 0.4) is 0 Å². The highest BCUT2D eigenvalue weighted by Crippen LogP contribution is 2.48. The van der Waals surface area contributed by atoms with E-state index in [9.17, 15) is 0 Å². The van der Waals surface area contributed by atoms with Gasteiger partial charge in [-0.1, -0.05) is 33.1 Å². The number of halogens is 2. The molecule has 0 aromatic heterocycles. The van der Waals surface area contributed by atoms with Crippen molar-refractivity contribution in [3.63, 3.8) is 0 Å². The Morgan fingerprint density at radius 1 is 1.33 bits per heavy atom. The van der Waals surface area contributed by atoms with Crippen molar-refractivity contribution < 1.29 is 4.52 Å². The molecule has 0 saturated heterocycles. The van der Waals surface area contributed by atoms with Gasteiger partial charge in [-0.05, 0) is 34.8 Å². The highest BCUT2D eigenvalue weighted by Gasteiger charge is 2.08. The van der Waals surface area contributed by atoms with Gasteiger partial charge in [-0.3, -0.25) is 0 Å². The van der Waals surface area contributed by atoms with Crippen LogP contribution in [0.2, 0.25) is 0 Å². The Labute approximate surface area is 86.2 Å². The van der Waals surface area contributed by atoms with E-state index in [1.54, 1.807) is 0 Å². The standard InChI is InChI=1S/C8H17Cl2OP/c1-3-5-6-8(4-2)7-11-12(9)10/h8H,3-7H2,1-2H3. The van der Waals surface area contributed by atoms with Crippen molar-refractivity contribution in [1.82, 2.24) is 0 Å². The van der Waals surface area contributed by atoms with Crippen LogP contribution in [0.15, 0.2) is 0 Å². The molecule has 0 spiro atoms. The smallest absolute Gasteiger partial charge is 0.225 e. The molecule has 0 rings (SSSR count). The second kappa shape index (κ2) is 8.56. The van der Waals surface area contributed by atoms with E-state index in [0.29, 0.717) is 5.92 Å². The topological polar surface area (TPSA) is 9.23 Å². The maximum atomic E-state index is 5.52. The first-order chi connectivity index (χ1) is 5.70. The van der Waals surface area contributed by atoms with E-state index < -0.39 is 6.85 Å². The summed E-state index contributed by atoms with van der Waals surface area (Å²) < 4.78 is 5.19. The summed E-state index contributed by atoms with van der Waals surface area (Å²) in [4.78, 5) is 0. The van der Waals surface area contributed by atoms with Crippen molar-refractivity contribution in [2.24, 2.45) is 5.92 Å². The number of rotatable bonds is 7. The molecule has 0 aliphatic carbocycles. The van der Waals surface area contributed by atoms with Crippen LogP contribution in [-0.2, 0) is 4.52 Å². The fourth-order valence-corrected chi connectivity index (χ4v) is 1.72. The van der Waals surface area contributed by atoms with Gasteiger partial charge in [-0.15, -0.1) is 0 Å². The zero-order chi connectivity index (χ0) is 9.40. The molecule has 74 valence electrons. The van der Waals surface area contributed by atoms with Crippen LogP contribution in [0.5, 0.6) is 0 Å². The summed E-state index contributed by atoms with van der Waals surface area (Å²) in [5.41, 5.74) is 0. The Hall–Kier alpha value is 0.970. The average Bonchev–Trinajstić information content (AvgIpc) is 2.05. The maximum absolute atomic E-state index is 5.52. The molecular weight excluding hydrogens is 214 g/mol. The van der Waals surface area contributed by atoms with Crippen LogP contribution in [0.4, 0.5) is 0 Å². The second-order valence-electron chi connectivity index (χ2n) is 2.91. The number of unbranched alkanes of at least 4 members (excludes halogenated alkanes) is 1. The fraction of sp³-hybridized carbons (Fsp3) is 1.00. The van der Waals surface area contributed by atoms with Gasteiger partial charge in [0.05, 0.1) is 6.61 Å². The number of hydrogen-bond donors (Lipinski definition) is 0. The highest BCUT2D eigenvalue weighted by molar-refractivity contribution is 8.00. The van der Waals surface area contributed by atoms with E-state index in [1.807, 2.05) is 0 Å². The van der Waals surface area contributed by atoms with E-state index in [1.165, 1.54) is 19.3 Å². The molecule has 1 unspecified atom stereocenters. The lowest BCUT2D eigenvalue weighted by Crippen LogP contribution is -2.05. The van der Waals surface area contributed by atoms with Gasteiger partial charge in [0.2, 0.25) is 6.85 Å². The summed E-state index contributed by atoms with van der Waals surface area (Å²) in [5.74, 6) is 0.632. The van der Waals surface area contributed by atoms with Crippen molar-refractivity contribution in [3.8, 4) is 0 Å². The lowest BCUT2D eigenvalue weighted by molar-refractivity contribution is 0.261. The van der Waals surface area contributed by atoms with Crippen molar-refractivity contribution in [2.45, 2.75) is 39.5 Å². The van der Waals surface area contributed by atoms with Crippen LogP contribution < -0.4 is 0 Å². The van der Waals surface area contributed by atoms with Crippen molar-refractivity contribution >= 4 is 29.3 Å². The maximum Gasteiger partial charge on any atom is 0.225 e. The quantitative estimate of drug-likeness (QED) is 0.565. The van der Waals surface area contributed by atoms with Gasteiger partial charge < -0.3 is 4.52 Å². The third-order valence-corrected chi connectivity index (χ3v) is 2.88. The second-order valence-corrected chi connectivity index (χ2v) is 5.94. The molecule has 1 atom stereocenters. The summed E-state index contributed by atoms with van der Waals surface area (Å²) in [7, 11) is 0. The van der Waals surface area contributed by atoms with Crippen LogP contribution in [-0.4, -0.2) is 6.61 Å². The van der Waals surface area contributed by atoms with E-state index in [4.69, 9.17) is 27.0 Å². The first-order valence-corrected chi connectivity index (χ1v) is 7.52. The highest BCUT2D eigenvalue weighted by atomic mass is 35.9. The molecule has 0 fully saturated rings. The van der Waals surface area contributed by atoms with Crippen LogP contribution in [0.1, 0.15) is 39.5 Å². The summed E-state index contributed by atoms with van der Waals surface area (Å²) in [6.07, 6.45) is 4.89. The summed E-state index contributed by atoms with van der Waals surface area (Å²) in [6.45, 7) is 3.88. The Morgan fingerprint density at radius 3 is 2.42 bits per heavy atom. The molecule has 0 N–H and O–H groups in total. The minimum Gasteiger partial charge on any atom is -0.331 e. The van der Waals surface area contributed by atoms with Gasteiger partial charge in [0.1, 0.15) is 0 Å². The van der Waals surface area contributed by atoms with Gasteiger partial charge in [0.15, 0.2) is 0 Å². The fourth-order valence-electron chi connectivity index (χ4n) is 1.06. The number of hydrogen-bond acceptors (Lipinski definition) is 1. The van der Waals surface area contributed by atoms with E-state index in [2.05, 4.69) is 13.8 Å². The first-order valence-electron chi connectivity index (χ1n) is 4.45. The normalized spacial score (nSPS) is 13.8. The van der Waals surface area contributed by atoms with E-state index in [0.717, 1.165) is 13.0 Å². The summed E-state index contributed by atoms with van der Waals surface area (Å²) in [5, 5.41) is 0. The van der Waals surface area contributed by atoms with Crippen molar-refractivity contribution in [3.05, 3.63) is 0 Å². The molecule has 0 aromatic rings. The van der Waals surface area contributed by atoms with Crippen LogP contribution in [0.25, 0.3) is 0 Å². The van der Waals surface area contributed by atoms with E-state index in [-0.39, 0.29) is 0 Å². The third kappa shape index (κ3) is 7.61. The van der Waals surface area contributed by atoms with Gasteiger partial charge in [-0.25, -0.2) is 0 Å². The lowest BCUT2D eigenvalue weighted by atomic mass is 10.0. The van der Waals surface area contributed by atoms with Gasteiger partial charge in [-0.2, -0.15) is 0 Å². The molecule has 0 amide bonds. The predicted octanol–water partition coefficient (Wildman–Crippen LogP) is 4.92. The third-order valence-electron chi connectivity index (χ3n) is 1.95. The first kappa shape index (κ1) is 13.0. The molecular formula is C8H17Cl2OP. The molecule has 0 aliphatic rings. The van der Waals surface area contributed by atoms with E-state index >= 15 is 0 Å². The van der Waals surface area contributed by atoms with Crippen LogP contribution >= 0.6 is 29.3 Å². The largest absolute Gasteiger partial charge is 0.331 e. The SMILES string of the molecule is CCCCC(CC)COP(Cl)Cl.